The third kappa shape index (κ3) is 2.98. The van der Waals surface area contributed by atoms with E-state index in [1.54, 1.807) is 6.08 Å². The smallest absolute Gasteiger partial charge is 0.277 e. The molecule has 0 N–H and O–H groups in total. The number of allylic oxidation sites excluding steroid dienone is 3. The van der Waals surface area contributed by atoms with E-state index in [9.17, 15) is 4.79 Å². The first-order valence-electron chi connectivity index (χ1n) is 7.36. The van der Waals surface area contributed by atoms with Gasteiger partial charge in [-0.2, -0.15) is 4.99 Å². The number of benzene rings is 1. The van der Waals surface area contributed by atoms with Gasteiger partial charge in [0.15, 0.2) is 0 Å². The van der Waals surface area contributed by atoms with Crippen LogP contribution in [0.15, 0.2) is 74.3 Å². The number of amidine groups is 1. The number of amides is 1. The Kier molecular flexibility index (Phi) is 3.92. The quantitative estimate of drug-likeness (QED) is 0.802. The fourth-order valence-electron chi connectivity index (χ4n) is 2.37. The highest BCUT2D eigenvalue weighted by Crippen LogP contribution is 2.24. The van der Waals surface area contributed by atoms with E-state index in [1.165, 1.54) is 11.8 Å². The third-order valence-electron chi connectivity index (χ3n) is 3.52. The molecule has 1 aromatic heterocycles. The molecule has 1 atom stereocenters. The molecule has 7 heteroatoms. The molecule has 4 rings (SSSR count). The molecule has 2 aromatic rings. The van der Waals surface area contributed by atoms with E-state index in [4.69, 9.17) is 4.42 Å². The number of aliphatic imine (C=N–C) groups is 2. The Morgan fingerprint density at radius 3 is 2.83 bits per heavy atom. The van der Waals surface area contributed by atoms with Crippen LogP contribution in [-0.4, -0.2) is 33.4 Å². The van der Waals surface area contributed by atoms with Crippen molar-refractivity contribution in [1.82, 2.24) is 10.2 Å². The van der Waals surface area contributed by atoms with Crippen molar-refractivity contribution in [2.75, 3.05) is 5.75 Å². The molecule has 1 aromatic carbocycles. The average Bonchev–Trinajstić information content (AvgIpc) is 3.10. The molecule has 2 heterocycles. The molecule has 1 amide bonds. The Hall–Kier alpha value is -2.80. The Labute approximate surface area is 142 Å². The summed E-state index contributed by atoms with van der Waals surface area (Å²) in [6, 6.07) is 9.55. The van der Waals surface area contributed by atoms with E-state index in [2.05, 4.69) is 20.2 Å². The molecule has 24 heavy (non-hydrogen) atoms. The first-order valence-corrected chi connectivity index (χ1v) is 8.35. The van der Waals surface area contributed by atoms with Crippen molar-refractivity contribution < 1.29 is 9.21 Å². The third-order valence-corrected chi connectivity index (χ3v) is 4.33. The normalized spacial score (nSPS) is 19.0. The van der Waals surface area contributed by atoms with Crippen LogP contribution in [-0.2, 0) is 4.79 Å². The van der Waals surface area contributed by atoms with Gasteiger partial charge in [-0.1, -0.05) is 48.2 Å². The number of hydrogen-bond donors (Lipinski definition) is 0. The van der Waals surface area contributed by atoms with Crippen molar-refractivity contribution in [3.63, 3.8) is 0 Å². The summed E-state index contributed by atoms with van der Waals surface area (Å²) < 4.78 is 5.62. The van der Waals surface area contributed by atoms with Gasteiger partial charge in [0.1, 0.15) is 11.8 Å². The second kappa shape index (κ2) is 6.37. The summed E-state index contributed by atoms with van der Waals surface area (Å²) in [7, 11) is 0. The molecule has 0 fully saturated rings. The lowest BCUT2D eigenvalue weighted by Crippen LogP contribution is -2.27. The topological polar surface area (TPSA) is 80.7 Å². The highest BCUT2D eigenvalue weighted by atomic mass is 32.2. The van der Waals surface area contributed by atoms with E-state index in [0.29, 0.717) is 22.7 Å². The number of aromatic nitrogens is 2. The Balaban J connectivity index is 1.45. The van der Waals surface area contributed by atoms with Crippen LogP contribution < -0.4 is 0 Å². The maximum absolute atomic E-state index is 12.0. The lowest BCUT2D eigenvalue weighted by atomic mass is 9.97. The number of carbonyl (C=O) groups excluding carboxylic acids is 1. The Bertz CT molecular complexity index is 896. The second-order valence-corrected chi connectivity index (χ2v) is 6.08. The van der Waals surface area contributed by atoms with Crippen LogP contribution in [0, 0.1) is 5.92 Å². The molecule has 2 aliphatic rings. The van der Waals surface area contributed by atoms with E-state index < -0.39 is 0 Å². The van der Waals surface area contributed by atoms with Crippen molar-refractivity contribution in [2.45, 2.75) is 5.22 Å². The summed E-state index contributed by atoms with van der Waals surface area (Å²) in [5.41, 5.74) is 1.59. The van der Waals surface area contributed by atoms with Gasteiger partial charge in [0.05, 0.1) is 11.5 Å². The van der Waals surface area contributed by atoms with Gasteiger partial charge in [-0.3, -0.25) is 4.79 Å². The number of rotatable bonds is 4. The number of thioether (sulfide) groups is 1. The summed E-state index contributed by atoms with van der Waals surface area (Å²) in [5, 5.41) is 8.46. The van der Waals surface area contributed by atoms with Crippen LogP contribution in [0.5, 0.6) is 0 Å². The SMILES string of the molecule is O=C1N=C(CSc2nnc(-c3ccccc3)o2)N=C2C=CC=CC12. The number of fused-ring (bicyclic) bond motifs is 1. The summed E-state index contributed by atoms with van der Waals surface area (Å²) >= 11 is 1.31. The number of hydrogen-bond acceptors (Lipinski definition) is 6. The molecule has 0 saturated heterocycles. The van der Waals surface area contributed by atoms with E-state index in [1.807, 2.05) is 48.6 Å². The lowest BCUT2D eigenvalue weighted by Gasteiger charge is -2.16. The summed E-state index contributed by atoms with van der Waals surface area (Å²) in [5.74, 6) is 0.793. The Morgan fingerprint density at radius 2 is 1.96 bits per heavy atom. The highest BCUT2D eigenvalue weighted by molar-refractivity contribution is 7.99. The molecule has 1 unspecified atom stereocenters. The van der Waals surface area contributed by atoms with Gasteiger partial charge in [-0.15, -0.1) is 10.2 Å². The number of nitrogens with zero attached hydrogens (tertiary/aromatic N) is 4. The maximum atomic E-state index is 12.0. The molecule has 1 aliphatic heterocycles. The molecule has 118 valence electrons. The van der Waals surface area contributed by atoms with Crippen molar-refractivity contribution >= 4 is 29.2 Å². The van der Waals surface area contributed by atoms with E-state index in [-0.39, 0.29) is 11.8 Å². The molecule has 0 spiro atoms. The Morgan fingerprint density at radius 1 is 1.08 bits per heavy atom. The van der Waals surface area contributed by atoms with Crippen LogP contribution in [0.3, 0.4) is 0 Å². The van der Waals surface area contributed by atoms with Crippen LogP contribution in [0.2, 0.25) is 0 Å². The average molecular weight is 336 g/mol. The first kappa shape index (κ1) is 14.8. The predicted molar refractivity (Wildman–Crippen MR) is 92.1 cm³/mol. The largest absolute Gasteiger partial charge is 0.411 e. The monoisotopic (exact) mass is 336 g/mol. The fourth-order valence-corrected chi connectivity index (χ4v) is 2.99. The zero-order valence-corrected chi connectivity index (χ0v) is 13.3. The van der Waals surface area contributed by atoms with Gasteiger partial charge in [-0.25, -0.2) is 4.99 Å². The maximum Gasteiger partial charge on any atom is 0.277 e. The predicted octanol–water partition coefficient (Wildman–Crippen LogP) is 2.95. The lowest BCUT2D eigenvalue weighted by molar-refractivity contribution is -0.118. The minimum absolute atomic E-state index is 0.188. The molecule has 6 nitrogen and oxygen atoms in total. The minimum atomic E-state index is -0.350. The summed E-state index contributed by atoms with van der Waals surface area (Å²) in [6.45, 7) is 0. The zero-order chi connectivity index (χ0) is 16.4. The summed E-state index contributed by atoms with van der Waals surface area (Å²) in [4.78, 5) is 20.5. The molecule has 0 saturated carbocycles. The highest BCUT2D eigenvalue weighted by Gasteiger charge is 2.26. The molecule has 0 radical (unpaired) electrons. The molecular formula is C17H12N4O2S. The van der Waals surface area contributed by atoms with Gasteiger partial charge < -0.3 is 4.42 Å². The van der Waals surface area contributed by atoms with Gasteiger partial charge >= 0.3 is 0 Å². The van der Waals surface area contributed by atoms with Crippen LogP contribution in [0.25, 0.3) is 11.5 Å². The van der Waals surface area contributed by atoms with Gasteiger partial charge in [0.25, 0.3) is 11.1 Å². The second-order valence-electron chi connectivity index (χ2n) is 5.15. The van der Waals surface area contributed by atoms with Crippen LogP contribution >= 0.6 is 11.8 Å². The zero-order valence-electron chi connectivity index (χ0n) is 12.5. The minimum Gasteiger partial charge on any atom is -0.411 e. The van der Waals surface area contributed by atoms with E-state index in [0.717, 1.165) is 11.3 Å². The van der Waals surface area contributed by atoms with Crippen LogP contribution in [0.1, 0.15) is 0 Å². The first-order chi connectivity index (χ1) is 11.8. The fraction of sp³-hybridized carbons (Fsp3) is 0.118. The van der Waals surface area contributed by atoms with E-state index >= 15 is 0 Å². The van der Waals surface area contributed by atoms with Crippen molar-refractivity contribution in [2.24, 2.45) is 15.9 Å². The van der Waals surface area contributed by atoms with Crippen LogP contribution in [0.4, 0.5) is 0 Å². The van der Waals surface area contributed by atoms with Crippen molar-refractivity contribution in [1.29, 1.82) is 0 Å². The van der Waals surface area contributed by atoms with Gasteiger partial charge in [0, 0.05) is 5.56 Å². The van der Waals surface area contributed by atoms with Gasteiger partial charge in [0.2, 0.25) is 5.89 Å². The standard InChI is InChI=1S/C17H12N4O2S/c22-15-12-8-4-5-9-13(12)18-14(19-15)10-24-17-21-20-16(23-17)11-6-2-1-3-7-11/h1-9,12H,10H2. The molecule has 1 aliphatic carbocycles. The van der Waals surface area contributed by atoms with Gasteiger partial charge in [-0.05, 0) is 18.2 Å². The molecule has 0 bridgehead atoms. The van der Waals surface area contributed by atoms with Crippen molar-refractivity contribution in [3.8, 4) is 11.5 Å². The summed E-state index contributed by atoms with van der Waals surface area (Å²) in [6.07, 6.45) is 7.34. The number of carbonyl (C=O) groups is 1. The van der Waals surface area contributed by atoms with Crippen molar-refractivity contribution in [3.05, 3.63) is 54.6 Å². The molecular weight excluding hydrogens is 324 g/mol.